The molecule has 2 saturated heterocycles. The first kappa shape index (κ1) is 20.2. The average molecular weight is 415 g/mol. The van der Waals surface area contributed by atoms with E-state index in [1.54, 1.807) is 11.3 Å². The molecule has 1 aromatic carbocycles. The van der Waals surface area contributed by atoms with Gasteiger partial charge in [-0.2, -0.15) is 0 Å². The molecule has 0 spiro atoms. The van der Waals surface area contributed by atoms with E-state index in [0.29, 0.717) is 13.1 Å². The molecule has 1 amide bonds. The topological polar surface area (TPSA) is 48.9 Å². The Morgan fingerprint density at radius 1 is 1.07 bits per heavy atom. The second-order valence-electron chi connectivity index (χ2n) is 7.84. The molecule has 0 aliphatic carbocycles. The lowest BCUT2D eigenvalue weighted by molar-refractivity contribution is -0.138. The van der Waals surface area contributed by atoms with Crippen molar-refractivity contribution < 1.29 is 9.53 Å². The zero-order valence-electron chi connectivity index (χ0n) is 17.1. The van der Waals surface area contributed by atoms with Gasteiger partial charge in [0.2, 0.25) is 0 Å². The highest BCUT2D eigenvalue weighted by molar-refractivity contribution is 7.13. The number of ether oxygens (including phenoxy) is 1. The zero-order chi connectivity index (χ0) is 20.1. The van der Waals surface area contributed by atoms with Gasteiger partial charge in [-0.1, -0.05) is 24.6 Å². The molecular weight excluding hydrogens is 384 g/mol. The number of thiazole rings is 1. The van der Waals surface area contributed by atoms with Crippen molar-refractivity contribution in [3.8, 4) is 5.75 Å². The molecule has 3 heterocycles. The maximum absolute atomic E-state index is 12.7. The number of benzene rings is 1. The minimum Gasteiger partial charge on any atom is -0.481 e. The molecule has 29 heavy (non-hydrogen) atoms. The molecule has 1 unspecified atom stereocenters. The van der Waals surface area contributed by atoms with Crippen LogP contribution in [-0.4, -0.2) is 66.1 Å². The molecule has 1 atom stereocenters. The van der Waals surface area contributed by atoms with E-state index in [0.717, 1.165) is 30.5 Å². The Morgan fingerprint density at radius 3 is 2.52 bits per heavy atom. The van der Waals surface area contributed by atoms with Crippen LogP contribution in [0.4, 0.5) is 5.13 Å². The largest absolute Gasteiger partial charge is 0.481 e. The van der Waals surface area contributed by atoms with E-state index in [9.17, 15) is 4.79 Å². The summed E-state index contributed by atoms with van der Waals surface area (Å²) in [6, 6.07) is 9.53. The number of carbonyl (C=O) groups is 1. The van der Waals surface area contributed by atoms with Crippen LogP contribution in [0.1, 0.15) is 31.9 Å². The number of rotatable bonds is 6. The summed E-state index contributed by atoms with van der Waals surface area (Å²) in [7, 11) is 0. The number of hydrogen-bond donors (Lipinski definition) is 0. The van der Waals surface area contributed by atoms with Gasteiger partial charge in [0.15, 0.2) is 11.2 Å². The molecular formula is C22H30N4O2S. The first-order valence-corrected chi connectivity index (χ1v) is 11.5. The minimum atomic E-state index is -0.472. The van der Waals surface area contributed by atoms with Crippen molar-refractivity contribution in [2.24, 2.45) is 0 Å². The molecule has 0 N–H and O–H groups in total. The normalized spacial score (nSPS) is 19.2. The van der Waals surface area contributed by atoms with Crippen LogP contribution in [0.3, 0.4) is 0 Å². The highest BCUT2D eigenvalue weighted by Gasteiger charge is 2.27. The fraction of sp³-hybridized carbons (Fsp3) is 0.545. The van der Waals surface area contributed by atoms with Gasteiger partial charge in [0.1, 0.15) is 5.75 Å². The lowest BCUT2D eigenvalue weighted by atomic mass is 10.1. The van der Waals surface area contributed by atoms with Crippen LogP contribution in [0.5, 0.6) is 5.75 Å². The van der Waals surface area contributed by atoms with E-state index >= 15 is 0 Å². The van der Waals surface area contributed by atoms with E-state index in [-0.39, 0.29) is 5.91 Å². The van der Waals surface area contributed by atoms with Crippen LogP contribution >= 0.6 is 11.3 Å². The monoisotopic (exact) mass is 414 g/mol. The molecule has 6 nitrogen and oxygen atoms in total. The molecule has 0 bridgehead atoms. The highest BCUT2D eigenvalue weighted by Crippen LogP contribution is 2.24. The third-order valence-corrected chi connectivity index (χ3v) is 6.59. The first-order valence-electron chi connectivity index (χ1n) is 10.6. The van der Waals surface area contributed by atoms with E-state index in [1.165, 1.54) is 38.0 Å². The second-order valence-corrected chi connectivity index (χ2v) is 8.68. The Kier molecular flexibility index (Phi) is 6.67. The molecule has 2 fully saturated rings. The molecule has 0 saturated carbocycles. The third kappa shape index (κ3) is 5.28. The molecule has 1 aromatic heterocycles. The number of anilines is 1. The summed E-state index contributed by atoms with van der Waals surface area (Å²) in [4.78, 5) is 24.3. The summed E-state index contributed by atoms with van der Waals surface area (Å²) < 4.78 is 5.80. The van der Waals surface area contributed by atoms with Crippen molar-refractivity contribution in [2.75, 3.05) is 44.2 Å². The Balaban J connectivity index is 1.26. The summed E-state index contributed by atoms with van der Waals surface area (Å²) in [5.41, 5.74) is 1.18. The number of hydrogen-bond acceptors (Lipinski definition) is 6. The maximum Gasteiger partial charge on any atom is 0.263 e. The fourth-order valence-corrected chi connectivity index (χ4v) is 4.86. The van der Waals surface area contributed by atoms with Crippen LogP contribution in [0.2, 0.25) is 0 Å². The molecule has 2 aliphatic rings. The lowest BCUT2D eigenvalue weighted by Crippen LogP contribution is -2.52. The van der Waals surface area contributed by atoms with Crippen molar-refractivity contribution in [2.45, 2.75) is 38.8 Å². The predicted molar refractivity (Wildman–Crippen MR) is 117 cm³/mol. The summed E-state index contributed by atoms with van der Waals surface area (Å²) in [5, 5.41) is 3.27. The van der Waals surface area contributed by atoms with Crippen LogP contribution in [-0.2, 0) is 11.3 Å². The average Bonchev–Trinajstić information content (AvgIpc) is 3.23. The molecule has 4 rings (SSSR count). The number of piperazine rings is 1. The van der Waals surface area contributed by atoms with Gasteiger partial charge >= 0.3 is 0 Å². The van der Waals surface area contributed by atoms with Gasteiger partial charge < -0.3 is 14.5 Å². The summed E-state index contributed by atoms with van der Waals surface area (Å²) in [6.07, 6.45) is 3.50. The molecule has 2 aliphatic heterocycles. The number of piperidine rings is 1. The van der Waals surface area contributed by atoms with E-state index in [4.69, 9.17) is 9.72 Å². The summed E-state index contributed by atoms with van der Waals surface area (Å²) in [5.74, 6) is 0.787. The Labute approximate surface area is 177 Å². The number of nitrogens with zero attached hydrogens (tertiary/aromatic N) is 4. The Hall–Kier alpha value is -2.12. The van der Waals surface area contributed by atoms with Gasteiger partial charge in [0.25, 0.3) is 5.91 Å². The SMILES string of the molecule is CC(Oc1ccccc1)C(=O)N1CCN(c2nc(CN3CCCCC3)cs2)CC1. The lowest BCUT2D eigenvalue weighted by Gasteiger charge is -2.35. The number of aromatic nitrogens is 1. The summed E-state index contributed by atoms with van der Waals surface area (Å²) >= 11 is 1.72. The summed E-state index contributed by atoms with van der Waals surface area (Å²) in [6.45, 7) is 8.23. The van der Waals surface area contributed by atoms with Crippen LogP contribution in [0.15, 0.2) is 35.7 Å². The number of para-hydroxylation sites is 1. The number of carbonyl (C=O) groups excluding carboxylic acids is 1. The molecule has 7 heteroatoms. The van der Waals surface area contributed by atoms with Crippen LogP contribution in [0, 0.1) is 0 Å². The zero-order valence-corrected chi connectivity index (χ0v) is 17.9. The number of amides is 1. The van der Waals surface area contributed by atoms with Crippen molar-refractivity contribution in [3.63, 3.8) is 0 Å². The van der Waals surface area contributed by atoms with Gasteiger partial charge in [0.05, 0.1) is 5.69 Å². The Bertz CT molecular complexity index is 783. The van der Waals surface area contributed by atoms with Gasteiger partial charge in [-0.15, -0.1) is 11.3 Å². The van der Waals surface area contributed by atoms with E-state index in [2.05, 4.69) is 15.2 Å². The highest BCUT2D eigenvalue weighted by atomic mass is 32.1. The first-order chi connectivity index (χ1) is 14.2. The van der Waals surface area contributed by atoms with Crippen molar-refractivity contribution in [1.29, 1.82) is 0 Å². The quantitative estimate of drug-likeness (QED) is 0.726. The van der Waals surface area contributed by atoms with Gasteiger partial charge in [-0.3, -0.25) is 9.69 Å². The third-order valence-electron chi connectivity index (χ3n) is 5.64. The van der Waals surface area contributed by atoms with Gasteiger partial charge in [-0.05, 0) is 45.0 Å². The van der Waals surface area contributed by atoms with Crippen molar-refractivity contribution in [1.82, 2.24) is 14.8 Å². The smallest absolute Gasteiger partial charge is 0.263 e. The molecule has 0 radical (unpaired) electrons. The van der Waals surface area contributed by atoms with Gasteiger partial charge in [0, 0.05) is 38.1 Å². The minimum absolute atomic E-state index is 0.0541. The second kappa shape index (κ2) is 9.59. The molecule has 2 aromatic rings. The maximum atomic E-state index is 12.7. The van der Waals surface area contributed by atoms with E-state index in [1.807, 2.05) is 42.2 Å². The number of likely N-dealkylation sites (tertiary alicyclic amines) is 1. The Morgan fingerprint density at radius 2 is 1.79 bits per heavy atom. The van der Waals surface area contributed by atoms with Crippen LogP contribution in [0.25, 0.3) is 0 Å². The molecule has 156 valence electrons. The standard InChI is InChI=1S/C22H30N4O2S/c1-18(28-20-8-4-2-5-9-20)21(27)25-12-14-26(15-13-25)22-23-19(17-29-22)16-24-10-6-3-7-11-24/h2,4-5,8-9,17-18H,3,6-7,10-16H2,1H3. The van der Waals surface area contributed by atoms with Crippen molar-refractivity contribution >= 4 is 22.4 Å². The van der Waals surface area contributed by atoms with Crippen molar-refractivity contribution in [3.05, 3.63) is 41.4 Å². The fourth-order valence-electron chi connectivity index (χ4n) is 3.99. The van der Waals surface area contributed by atoms with Crippen LogP contribution < -0.4 is 9.64 Å². The van der Waals surface area contributed by atoms with Gasteiger partial charge in [-0.25, -0.2) is 4.98 Å². The van der Waals surface area contributed by atoms with E-state index < -0.39 is 6.10 Å². The predicted octanol–water partition coefficient (Wildman–Crippen LogP) is 3.25.